The van der Waals surface area contributed by atoms with Gasteiger partial charge >= 0.3 is 0 Å². The van der Waals surface area contributed by atoms with Crippen molar-refractivity contribution in [3.63, 3.8) is 0 Å². The summed E-state index contributed by atoms with van der Waals surface area (Å²) >= 11 is 0. The number of nitriles is 1. The largest absolute Gasteiger partial charge is 0.309 e. The van der Waals surface area contributed by atoms with Crippen LogP contribution in [0.15, 0.2) is 134 Å². The second kappa shape index (κ2) is 18.5. The van der Waals surface area contributed by atoms with Gasteiger partial charge < -0.3 is 9.13 Å². The molecule has 7 aromatic heterocycles. The van der Waals surface area contributed by atoms with E-state index in [0.29, 0.717) is 75.5 Å². The van der Waals surface area contributed by atoms with Gasteiger partial charge in [-0.1, -0.05) is 18.2 Å². The molecule has 13 rings (SSSR count). The molecular weight excluding hydrogens is 969 g/mol. The van der Waals surface area contributed by atoms with Crippen molar-refractivity contribution in [3.05, 3.63) is 186 Å². The van der Waals surface area contributed by atoms with E-state index >= 15 is 0 Å². The van der Waals surface area contributed by atoms with Crippen LogP contribution in [-0.2, 0) is 0 Å². The average molecular weight is 1020 g/mol. The molecule has 0 spiro atoms. The minimum absolute atomic E-state index is 0.582. The summed E-state index contributed by atoms with van der Waals surface area (Å²) in [5.74, 6) is 7.55. The molecule has 374 valence electrons. The molecule has 0 atom stereocenters. The molecule has 16 nitrogen and oxygen atoms in total. The number of rotatable bonds is 8. The number of hydrogen-bond acceptors (Lipinski definition) is 14. The summed E-state index contributed by atoms with van der Waals surface area (Å²) in [6, 6.07) is 44.1. The van der Waals surface area contributed by atoms with Crippen molar-refractivity contribution in [2.75, 3.05) is 0 Å². The highest BCUT2D eigenvalue weighted by Gasteiger charge is 2.24. The molecule has 0 saturated carbocycles. The molecule has 0 radical (unpaired) electrons. The van der Waals surface area contributed by atoms with Gasteiger partial charge in [0.05, 0.1) is 45.1 Å². The molecule has 0 saturated heterocycles. The molecule has 6 aromatic carbocycles. The van der Waals surface area contributed by atoms with E-state index in [2.05, 4.69) is 132 Å². The lowest BCUT2D eigenvalue weighted by Gasteiger charge is -2.19. The minimum atomic E-state index is 0.582. The molecule has 0 unspecified atom stereocenters. The summed E-state index contributed by atoms with van der Waals surface area (Å²) < 4.78 is 4.63. The maximum absolute atomic E-state index is 9.78. The van der Waals surface area contributed by atoms with Crippen LogP contribution in [0, 0.1) is 66.7 Å². The molecule has 0 bridgehead atoms. The number of hydrogen-bond donors (Lipinski definition) is 0. The number of nitrogens with zero attached hydrogens (tertiary/aromatic N) is 16. The second-order valence-corrected chi connectivity index (χ2v) is 19.4. The molecule has 0 amide bonds. The molecule has 13 aromatic rings. The van der Waals surface area contributed by atoms with Gasteiger partial charge in [-0.3, -0.25) is 4.98 Å². The normalized spacial score (nSPS) is 11.6. The van der Waals surface area contributed by atoms with E-state index in [9.17, 15) is 5.26 Å². The molecular formula is C62H46N16. The Morgan fingerprint density at radius 1 is 0.321 bits per heavy atom. The van der Waals surface area contributed by atoms with Gasteiger partial charge in [0.2, 0.25) is 0 Å². The lowest BCUT2D eigenvalue weighted by molar-refractivity contribution is 0.928. The zero-order valence-corrected chi connectivity index (χ0v) is 43.9. The Bertz CT molecular complexity index is 4380. The van der Waals surface area contributed by atoms with Crippen molar-refractivity contribution < 1.29 is 0 Å². The van der Waals surface area contributed by atoms with Crippen LogP contribution in [-0.4, -0.2) is 73.9 Å². The van der Waals surface area contributed by atoms with E-state index in [1.54, 1.807) is 0 Å². The first kappa shape index (κ1) is 47.3. The topological polar surface area (TPSA) is 201 Å². The summed E-state index contributed by atoms with van der Waals surface area (Å²) in [6.45, 7) is 15.1. The van der Waals surface area contributed by atoms with Crippen LogP contribution < -0.4 is 0 Å². The monoisotopic (exact) mass is 1010 g/mol. The molecule has 16 heteroatoms. The summed E-state index contributed by atoms with van der Waals surface area (Å²) in [7, 11) is 0. The van der Waals surface area contributed by atoms with Gasteiger partial charge in [0.1, 0.15) is 46.6 Å². The van der Waals surface area contributed by atoms with Crippen LogP contribution in [0.1, 0.15) is 52.2 Å². The van der Waals surface area contributed by atoms with Crippen molar-refractivity contribution in [2.45, 2.75) is 55.4 Å². The number of benzene rings is 6. The molecule has 0 aliphatic rings. The maximum Gasteiger partial charge on any atom is 0.163 e. The Kier molecular flexibility index (Phi) is 11.2. The van der Waals surface area contributed by atoms with E-state index in [4.69, 9.17) is 44.9 Å². The van der Waals surface area contributed by atoms with Crippen molar-refractivity contribution in [2.24, 2.45) is 0 Å². The summed E-state index contributed by atoms with van der Waals surface area (Å²) in [4.78, 5) is 60.9. The second-order valence-electron chi connectivity index (χ2n) is 19.4. The Morgan fingerprint density at radius 3 is 0.987 bits per heavy atom. The van der Waals surface area contributed by atoms with Gasteiger partial charge in [-0.2, -0.15) is 5.26 Å². The molecule has 7 heterocycles. The van der Waals surface area contributed by atoms with Gasteiger partial charge in [-0.05, 0) is 170 Å². The smallest absolute Gasteiger partial charge is 0.163 e. The number of aromatic nitrogens is 15. The SMILES string of the molecule is Cc1nc(C)nc(-c2ccc3c(c2)c2cc(-c4nc(C)nc(C)n4)ccc2n3-c2ccncc2-c2cc(-c3ccc(C#N)cc3)ccc2-n2c3ccc(-c4nc(C)nc(C)n4)cc3c3cc(-c4nc(C)nc(C)n4)ccc32)n1. The van der Waals surface area contributed by atoms with Crippen LogP contribution in [0.25, 0.3) is 123 Å². The van der Waals surface area contributed by atoms with Gasteiger partial charge in [-0.15, -0.1) is 0 Å². The van der Waals surface area contributed by atoms with Crippen LogP contribution >= 0.6 is 0 Å². The van der Waals surface area contributed by atoms with Crippen molar-refractivity contribution in [1.82, 2.24) is 73.9 Å². The Morgan fingerprint density at radius 2 is 0.641 bits per heavy atom. The first-order valence-electron chi connectivity index (χ1n) is 25.4. The third kappa shape index (κ3) is 8.30. The molecule has 78 heavy (non-hydrogen) atoms. The van der Waals surface area contributed by atoms with Gasteiger partial charge in [0.25, 0.3) is 0 Å². The van der Waals surface area contributed by atoms with Crippen LogP contribution in [0.3, 0.4) is 0 Å². The average Bonchev–Trinajstić information content (AvgIpc) is 4.06. The molecule has 0 N–H and O–H groups in total. The summed E-state index contributed by atoms with van der Waals surface area (Å²) in [6.07, 6.45) is 3.79. The Balaban J connectivity index is 1.09. The predicted molar refractivity (Wildman–Crippen MR) is 302 cm³/mol. The van der Waals surface area contributed by atoms with Crippen molar-refractivity contribution in [1.29, 1.82) is 5.26 Å². The van der Waals surface area contributed by atoms with Gasteiger partial charge in [-0.25, -0.2) is 59.8 Å². The lowest BCUT2D eigenvalue weighted by Crippen LogP contribution is -2.03. The lowest BCUT2D eigenvalue weighted by atomic mass is 9.96. The van der Waals surface area contributed by atoms with Gasteiger partial charge in [0.15, 0.2) is 23.3 Å². The first-order valence-corrected chi connectivity index (χ1v) is 25.4. The predicted octanol–water partition coefficient (Wildman–Crippen LogP) is 12.4. The highest BCUT2D eigenvalue weighted by molar-refractivity contribution is 6.14. The number of fused-ring (bicyclic) bond motifs is 6. The van der Waals surface area contributed by atoms with Crippen molar-refractivity contribution >= 4 is 43.6 Å². The van der Waals surface area contributed by atoms with Crippen molar-refractivity contribution in [3.8, 4) is 85.2 Å². The third-order valence-corrected chi connectivity index (χ3v) is 13.9. The van der Waals surface area contributed by atoms with Gasteiger partial charge in [0, 0.05) is 67.3 Å². The van der Waals surface area contributed by atoms with E-state index in [1.807, 2.05) is 92.0 Å². The minimum Gasteiger partial charge on any atom is -0.309 e. The van der Waals surface area contributed by atoms with E-state index in [0.717, 1.165) is 99.5 Å². The quantitative estimate of drug-likeness (QED) is 0.139. The summed E-state index contributed by atoms with van der Waals surface area (Å²) in [5.41, 5.74) is 13.4. The zero-order valence-electron chi connectivity index (χ0n) is 43.9. The van der Waals surface area contributed by atoms with Crippen LogP contribution in [0.2, 0.25) is 0 Å². The summed E-state index contributed by atoms with van der Waals surface area (Å²) in [5, 5.41) is 13.7. The Labute approximate surface area is 447 Å². The highest BCUT2D eigenvalue weighted by atomic mass is 15.1. The standard InChI is InChI=1S/C62H46N16/c1-32-65-33(2)70-59(69-32)43-14-19-53-47(26-43)48-27-44(60-71-34(3)66-35(4)72-60)15-20-54(48)77(53)57-18-13-42(41-11-9-40(30-63)10-12-41)25-51(57)52-31-64-24-23-58(52)78-55-21-16-45(61-73-36(5)67-37(6)74-61)28-49(55)50-29-46(17-22-56(50)78)62-75-38(7)68-39(8)76-62/h9-29,31H,1-8H3. The number of aryl methyl sites for hydroxylation is 8. The van der Waals surface area contributed by atoms with Crippen LogP contribution in [0.4, 0.5) is 0 Å². The fraction of sp³-hybridized carbons (Fsp3) is 0.129. The third-order valence-electron chi connectivity index (χ3n) is 13.9. The molecule has 0 aliphatic carbocycles. The maximum atomic E-state index is 9.78. The first-order chi connectivity index (χ1) is 37.8. The zero-order chi connectivity index (χ0) is 53.5. The molecule has 0 fully saturated rings. The van der Waals surface area contributed by atoms with E-state index in [1.165, 1.54) is 0 Å². The fourth-order valence-electron chi connectivity index (χ4n) is 10.8. The fourth-order valence-corrected chi connectivity index (χ4v) is 10.8. The van der Waals surface area contributed by atoms with Crippen LogP contribution in [0.5, 0.6) is 0 Å². The highest BCUT2D eigenvalue weighted by Crippen LogP contribution is 2.44. The molecule has 0 aliphatic heterocycles. The number of pyridine rings is 1. The van der Waals surface area contributed by atoms with E-state index < -0.39 is 0 Å². The van der Waals surface area contributed by atoms with E-state index in [-0.39, 0.29) is 0 Å². The Hall–Kier alpha value is -10.4.